The lowest BCUT2D eigenvalue weighted by Gasteiger charge is -2.16. The van der Waals surface area contributed by atoms with Gasteiger partial charge in [0.2, 0.25) is 11.2 Å². The summed E-state index contributed by atoms with van der Waals surface area (Å²) in [7, 11) is 0. The number of halogens is 4. The fourth-order valence-corrected chi connectivity index (χ4v) is 2.76. The Morgan fingerprint density at radius 2 is 1.79 bits per heavy atom. The lowest BCUT2D eigenvalue weighted by atomic mass is 10.0. The topological polar surface area (TPSA) is 66.9 Å². The molecule has 9 heteroatoms. The smallest absolute Gasteiger partial charge is 0.340 e. The summed E-state index contributed by atoms with van der Waals surface area (Å²) in [6, 6.07) is 11.7. The predicted molar refractivity (Wildman–Crippen MR) is 106 cm³/mol. The van der Waals surface area contributed by atoms with Crippen LogP contribution in [0.3, 0.4) is 0 Å². The van der Waals surface area contributed by atoms with Crippen LogP contribution in [0.4, 0.5) is 30.4 Å². The maximum atomic E-state index is 13.4. The number of rotatable bonds is 5. The maximum absolute atomic E-state index is 13.4. The third-order valence-corrected chi connectivity index (χ3v) is 4.04. The second-order valence-electron chi connectivity index (χ2n) is 5.84. The molecule has 0 unspecified atom stereocenters. The minimum Gasteiger partial charge on any atom is -0.340 e. The fourth-order valence-electron chi connectivity index (χ4n) is 2.62. The molecule has 2 aromatic carbocycles. The SMILES string of the molecule is C=CC(=O)Nc1cccc(Nc2nc(Cl)ncc2-c2ccccc2C(F)(F)F)c1. The molecular formula is C20H14ClF3N4O. The van der Waals surface area contributed by atoms with Gasteiger partial charge in [0.25, 0.3) is 0 Å². The molecule has 0 bridgehead atoms. The Morgan fingerprint density at radius 1 is 1.07 bits per heavy atom. The second-order valence-corrected chi connectivity index (χ2v) is 6.18. The van der Waals surface area contributed by atoms with Gasteiger partial charge in [-0.25, -0.2) is 4.98 Å². The Kier molecular flexibility index (Phi) is 5.84. The van der Waals surface area contributed by atoms with Crippen molar-refractivity contribution >= 4 is 34.7 Å². The van der Waals surface area contributed by atoms with E-state index in [0.717, 1.165) is 12.1 Å². The van der Waals surface area contributed by atoms with E-state index in [1.807, 2.05) is 0 Å². The van der Waals surface area contributed by atoms with Crippen LogP contribution in [0.2, 0.25) is 5.28 Å². The zero-order chi connectivity index (χ0) is 21.0. The molecule has 0 radical (unpaired) electrons. The largest absolute Gasteiger partial charge is 0.417 e. The van der Waals surface area contributed by atoms with Crippen molar-refractivity contribution in [3.63, 3.8) is 0 Å². The number of amides is 1. The Balaban J connectivity index is 2.03. The highest BCUT2D eigenvalue weighted by Gasteiger charge is 2.34. The number of hydrogen-bond donors (Lipinski definition) is 2. The average Bonchev–Trinajstić information content (AvgIpc) is 2.68. The monoisotopic (exact) mass is 418 g/mol. The van der Waals surface area contributed by atoms with Crippen molar-refractivity contribution in [2.24, 2.45) is 0 Å². The third kappa shape index (κ3) is 4.91. The summed E-state index contributed by atoms with van der Waals surface area (Å²) in [5.41, 5.74) is 0.170. The number of aromatic nitrogens is 2. The number of benzene rings is 2. The van der Waals surface area contributed by atoms with Crippen molar-refractivity contribution in [2.75, 3.05) is 10.6 Å². The van der Waals surface area contributed by atoms with Gasteiger partial charge in [-0.3, -0.25) is 4.79 Å². The van der Waals surface area contributed by atoms with Crippen LogP contribution in [0.25, 0.3) is 11.1 Å². The van der Waals surface area contributed by atoms with E-state index in [1.54, 1.807) is 24.3 Å². The van der Waals surface area contributed by atoms with E-state index in [0.29, 0.717) is 11.4 Å². The van der Waals surface area contributed by atoms with Gasteiger partial charge in [0, 0.05) is 23.1 Å². The zero-order valence-corrected chi connectivity index (χ0v) is 15.6. The Hall–Kier alpha value is -3.39. The molecule has 5 nitrogen and oxygen atoms in total. The summed E-state index contributed by atoms with van der Waals surface area (Å²) in [5.74, 6) is -0.305. The number of carbonyl (C=O) groups excluding carboxylic acids is 1. The summed E-state index contributed by atoms with van der Waals surface area (Å²) in [4.78, 5) is 19.3. The first-order valence-corrected chi connectivity index (χ1v) is 8.65. The molecule has 0 saturated carbocycles. The minimum absolute atomic E-state index is 0.0877. The molecule has 1 aromatic heterocycles. The third-order valence-electron chi connectivity index (χ3n) is 3.86. The fraction of sp³-hybridized carbons (Fsp3) is 0.0500. The summed E-state index contributed by atoms with van der Waals surface area (Å²) in [6.07, 6.45) is -2.20. The van der Waals surface area contributed by atoms with Crippen LogP contribution < -0.4 is 10.6 Å². The Bertz CT molecular complexity index is 1070. The van der Waals surface area contributed by atoms with Gasteiger partial charge in [0.05, 0.1) is 5.56 Å². The van der Waals surface area contributed by atoms with E-state index in [9.17, 15) is 18.0 Å². The molecule has 148 valence electrons. The number of nitrogens with one attached hydrogen (secondary N) is 2. The molecule has 0 atom stereocenters. The molecule has 3 aromatic rings. The first-order valence-electron chi connectivity index (χ1n) is 8.27. The quantitative estimate of drug-likeness (QED) is 0.413. The second kappa shape index (κ2) is 8.32. The van der Waals surface area contributed by atoms with Gasteiger partial charge in [-0.2, -0.15) is 18.2 Å². The van der Waals surface area contributed by atoms with E-state index < -0.39 is 17.6 Å². The minimum atomic E-state index is -4.55. The molecule has 0 aliphatic carbocycles. The molecule has 2 N–H and O–H groups in total. The first-order chi connectivity index (χ1) is 13.8. The van der Waals surface area contributed by atoms with Gasteiger partial charge in [0.1, 0.15) is 5.82 Å². The van der Waals surface area contributed by atoms with Gasteiger partial charge in [0.15, 0.2) is 0 Å². The molecule has 0 fully saturated rings. The number of anilines is 3. The van der Waals surface area contributed by atoms with E-state index >= 15 is 0 Å². The van der Waals surface area contributed by atoms with Crippen molar-refractivity contribution in [2.45, 2.75) is 6.18 Å². The van der Waals surface area contributed by atoms with E-state index in [-0.39, 0.29) is 22.2 Å². The van der Waals surface area contributed by atoms with Crippen molar-refractivity contribution in [3.8, 4) is 11.1 Å². The number of carbonyl (C=O) groups is 1. The van der Waals surface area contributed by atoms with Crippen LogP contribution in [-0.2, 0) is 11.0 Å². The molecule has 0 aliphatic rings. The zero-order valence-electron chi connectivity index (χ0n) is 14.8. The van der Waals surface area contributed by atoms with Crippen molar-refractivity contribution < 1.29 is 18.0 Å². The summed E-state index contributed by atoms with van der Waals surface area (Å²) in [6.45, 7) is 3.38. The molecule has 1 heterocycles. The van der Waals surface area contributed by atoms with Crippen LogP contribution in [0, 0.1) is 0 Å². The van der Waals surface area contributed by atoms with Gasteiger partial charge < -0.3 is 10.6 Å². The normalized spacial score (nSPS) is 11.0. The maximum Gasteiger partial charge on any atom is 0.417 e. The molecule has 0 spiro atoms. The predicted octanol–water partition coefficient (Wildman–Crippen LogP) is 5.68. The highest BCUT2D eigenvalue weighted by molar-refractivity contribution is 6.28. The van der Waals surface area contributed by atoms with E-state index in [1.165, 1.54) is 24.4 Å². The van der Waals surface area contributed by atoms with Crippen LogP contribution in [0.15, 0.2) is 67.4 Å². The van der Waals surface area contributed by atoms with E-state index in [2.05, 4.69) is 27.2 Å². The summed E-state index contributed by atoms with van der Waals surface area (Å²) >= 11 is 5.87. The summed E-state index contributed by atoms with van der Waals surface area (Å²) in [5, 5.41) is 5.41. The van der Waals surface area contributed by atoms with Crippen molar-refractivity contribution in [1.82, 2.24) is 9.97 Å². The van der Waals surface area contributed by atoms with Gasteiger partial charge in [-0.05, 0) is 47.5 Å². The molecule has 1 amide bonds. The van der Waals surface area contributed by atoms with Crippen molar-refractivity contribution in [1.29, 1.82) is 0 Å². The standard InChI is InChI=1S/C20H14ClF3N4O/c1-2-17(29)26-12-6-5-7-13(10-12)27-18-15(11-25-19(21)28-18)14-8-3-4-9-16(14)20(22,23)24/h2-11H,1H2,(H,26,29)(H,25,27,28). The van der Waals surface area contributed by atoms with Crippen molar-refractivity contribution in [3.05, 3.63) is 78.2 Å². The van der Waals surface area contributed by atoms with Gasteiger partial charge in [-0.15, -0.1) is 0 Å². The van der Waals surface area contributed by atoms with Crippen LogP contribution in [0.5, 0.6) is 0 Å². The van der Waals surface area contributed by atoms with Crippen LogP contribution in [0.1, 0.15) is 5.56 Å². The van der Waals surface area contributed by atoms with Crippen LogP contribution >= 0.6 is 11.6 Å². The average molecular weight is 419 g/mol. The lowest BCUT2D eigenvalue weighted by molar-refractivity contribution is -0.137. The summed E-state index contributed by atoms with van der Waals surface area (Å²) < 4.78 is 40.3. The van der Waals surface area contributed by atoms with Crippen LogP contribution in [-0.4, -0.2) is 15.9 Å². The Labute approximate surface area is 169 Å². The molecule has 0 aliphatic heterocycles. The Morgan fingerprint density at radius 3 is 2.52 bits per heavy atom. The molecule has 29 heavy (non-hydrogen) atoms. The van der Waals surface area contributed by atoms with Gasteiger partial charge >= 0.3 is 6.18 Å². The highest BCUT2D eigenvalue weighted by atomic mass is 35.5. The lowest BCUT2D eigenvalue weighted by Crippen LogP contribution is -2.09. The number of nitrogens with zero attached hydrogens (tertiary/aromatic N) is 2. The van der Waals surface area contributed by atoms with Gasteiger partial charge in [-0.1, -0.05) is 30.8 Å². The molecule has 0 saturated heterocycles. The number of hydrogen-bond acceptors (Lipinski definition) is 4. The molecular weight excluding hydrogens is 405 g/mol. The number of alkyl halides is 3. The first kappa shape index (κ1) is 20.3. The highest BCUT2D eigenvalue weighted by Crippen LogP contribution is 2.39. The molecule has 3 rings (SSSR count). The van der Waals surface area contributed by atoms with E-state index in [4.69, 9.17) is 11.6 Å².